The first-order chi connectivity index (χ1) is 10.1. The highest BCUT2D eigenvalue weighted by Crippen LogP contribution is 2.28. The number of aryl methyl sites for hydroxylation is 1. The zero-order chi connectivity index (χ0) is 15.0. The van der Waals surface area contributed by atoms with E-state index in [9.17, 15) is 4.79 Å². The molecule has 0 aliphatic rings. The standard InChI is InChI=1S/C13H11ClN4O2S/c1-7-11(18-13(16-7)21-6-15-18)12(19)17-9-5-8(14)3-4-10(9)20-2/h3-6H,1-2H3,(H,17,19). The molecule has 0 saturated carbocycles. The molecule has 1 N–H and O–H groups in total. The molecule has 0 fully saturated rings. The highest BCUT2D eigenvalue weighted by Gasteiger charge is 2.19. The van der Waals surface area contributed by atoms with E-state index in [4.69, 9.17) is 16.3 Å². The third-order valence-corrected chi connectivity index (χ3v) is 3.85. The van der Waals surface area contributed by atoms with Crippen molar-refractivity contribution in [1.29, 1.82) is 0 Å². The van der Waals surface area contributed by atoms with Gasteiger partial charge < -0.3 is 10.1 Å². The van der Waals surface area contributed by atoms with Crippen molar-refractivity contribution in [1.82, 2.24) is 14.6 Å². The molecule has 0 bridgehead atoms. The minimum absolute atomic E-state index is 0.313. The van der Waals surface area contributed by atoms with E-state index in [0.717, 1.165) is 0 Å². The lowest BCUT2D eigenvalue weighted by Gasteiger charge is -2.10. The molecule has 0 spiro atoms. The zero-order valence-corrected chi connectivity index (χ0v) is 12.8. The summed E-state index contributed by atoms with van der Waals surface area (Å²) >= 11 is 7.33. The van der Waals surface area contributed by atoms with E-state index in [1.54, 1.807) is 30.6 Å². The lowest BCUT2D eigenvalue weighted by atomic mass is 10.2. The Bertz CT molecular complexity index is 827. The summed E-state index contributed by atoms with van der Waals surface area (Å²) in [5.74, 6) is 0.218. The van der Waals surface area contributed by atoms with Gasteiger partial charge in [-0.3, -0.25) is 4.79 Å². The number of carbonyl (C=O) groups excluding carboxylic acids is 1. The second kappa shape index (κ2) is 5.34. The van der Waals surface area contributed by atoms with E-state index in [1.165, 1.54) is 23.0 Å². The molecule has 1 aromatic carbocycles. The molecule has 6 nitrogen and oxygen atoms in total. The maximum Gasteiger partial charge on any atom is 0.276 e. The van der Waals surface area contributed by atoms with Crippen molar-refractivity contribution in [2.45, 2.75) is 6.92 Å². The van der Waals surface area contributed by atoms with Gasteiger partial charge in [-0.1, -0.05) is 22.9 Å². The van der Waals surface area contributed by atoms with Crippen LogP contribution in [0.3, 0.4) is 0 Å². The normalized spacial score (nSPS) is 10.8. The fourth-order valence-electron chi connectivity index (χ4n) is 2.01. The molecular formula is C13H11ClN4O2S. The number of rotatable bonds is 3. The Morgan fingerprint density at radius 2 is 2.29 bits per heavy atom. The third-order valence-electron chi connectivity index (χ3n) is 2.94. The van der Waals surface area contributed by atoms with Crippen LogP contribution >= 0.6 is 22.9 Å². The fraction of sp³-hybridized carbons (Fsp3) is 0.154. The first-order valence-corrected chi connectivity index (χ1v) is 7.29. The van der Waals surface area contributed by atoms with E-state index in [0.29, 0.717) is 32.8 Å². The summed E-state index contributed by atoms with van der Waals surface area (Å²) in [6.45, 7) is 1.77. The maximum atomic E-state index is 12.5. The third kappa shape index (κ3) is 2.45. The van der Waals surface area contributed by atoms with Gasteiger partial charge in [0.25, 0.3) is 5.91 Å². The number of amides is 1. The lowest BCUT2D eigenvalue weighted by molar-refractivity contribution is 0.101. The number of aromatic nitrogens is 3. The van der Waals surface area contributed by atoms with E-state index in [1.807, 2.05) is 0 Å². The number of hydrogen-bond donors (Lipinski definition) is 1. The van der Waals surface area contributed by atoms with Crippen LogP contribution < -0.4 is 10.1 Å². The van der Waals surface area contributed by atoms with Crippen molar-refractivity contribution in [3.8, 4) is 5.75 Å². The molecule has 2 heterocycles. The Labute approximate surface area is 129 Å². The average Bonchev–Trinajstić information content (AvgIpc) is 2.98. The van der Waals surface area contributed by atoms with Crippen LogP contribution in [0.2, 0.25) is 5.02 Å². The summed E-state index contributed by atoms with van der Waals surface area (Å²) in [6.07, 6.45) is 0. The van der Waals surface area contributed by atoms with E-state index >= 15 is 0 Å². The van der Waals surface area contributed by atoms with Crippen LogP contribution in [0.1, 0.15) is 16.2 Å². The van der Waals surface area contributed by atoms with Crippen LogP contribution in [0.25, 0.3) is 4.96 Å². The first kappa shape index (κ1) is 13.8. The predicted octanol–water partition coefficient (Wildman–Crippen LogP) is 3.01. The number of halogens is 1. The number of hydrogen-bond acceptors (Lipinski definition) is 5. The van der Waals surface area contributed by atoms with Crippen molar-refractivity contribution in [2.75, 3.05) is 12.4 Å². The van der Waals surface area contributed by atoms with Gasteiger partial charge in [-0.15, -0.1) is 0 Å². The zero-order valence-electron chi connectivity index (χ0n) is 11.3. The summed E-state index contributed by atoms with van der Waals surface area (Å²) in [5, 5.41) is 7.41. The summed E-state index contributed by atoms with van der Waals surface area (Å²) in [6, 6.07) is 5.02. The summed E-state index contributed by atoms with van der Waals surface area (Å²) in [4.78, 5) is 17.5. The van der Waals surface area contributed by atoms with Gasteiger partial charge in [-0.2, -0.15) is 9.61 Å². The van der Waals surface area contributed by atoms with Gasteiger partial charge in [0.1, 0.15) is 11.3 Å². The van der Waals surface area contributed by atoms with Crippen molar-refractivity contribution < 1.29 is 9.53 Å². The quantitative estimate of drug-likeness (QED) is 0.804. The van der Waals surface area contributed by atoms with Crippen LogP contribution in [-0.2, 0) is 0 Å². The van der Waals surface area contributed by atoms with Crippen molar-refractivity contribution in [2.24, 2.45) is 0 Å². The van der Waals surface area contributed by atoms with Crippen LogP contribution in [0.5, 0.6) is 5.75 Å². The largest absolute Gasteiger partial charge is 0.495 e. The minimum atomic E-state index is -0.313. The molecule has 0 saturated heterocycles. The summed E-state index contributed by atoms with van der Waals surface area (Å²) in [5.41, 5.74) is 3.15. The number of ether oxygens (including phenoxy) is 1. The van der Waals surface area contributed by atoms with Gasteiger partial charge in [-0.05, 0) is 25.1 Å². The van der Waals surface area contributed by atoms with Gasteiger partial charge in [0, 0.05) is 5.02 Å². The van der Waals surface area contributed by atoms with Crippen molar-refractivity contribution >= 4 is 39.5 Å². The smallest absolute Gasteiger partial charge is 0.276 e. The highest BCUT2D eigenvalue weighted by atomic mass is 35.5. The Kier molecular flexibility index (Phi) is 3.52. The second-order valence-corrected chi connectivity index (χ2v) is 5.53. The van der Waals surface area contributed by atoms with E-state index in [-0.39, 0.29) is 5.91 Å². The van der Waals surface area contributed by atoms with Crippen LogP contribution in [0.15, 0.2) is 23.7 Å². The Morgan fingerprint density at radius 3 is 3.05 bits per heavy atom. The minimum Gasteiger partial charge on any atom is -0.495 e. The molecule has 0 aliphatic heterocycles. The van der Waals surface area contributed by atoms with Gasteiger partial charge in [0.15, 0.2) is 5.69 Å². The molecule has 0 atom stereocenters. The van der Waals surface area contributed by atoms with Gasteiger partial charge >= 0.3 is 0 Å². The number of imidazole rings is 1. The molecule has 1 amide bonds. The molecule has 108 valence electrons. The molecule has 0 aliphatic carbocycles. The predicted molar refractivity (Wildman–Crippen MR) is 81.6 cm³/mol. The van der Waals surface area contributed by atoms with Crippen LogP contribution in [0.4, 0.5) is 5.69 Å². The summed E-state index contributed by atoms with van der Waals surface area (Å²) in [7, 11) is 1.53. The molecule has 8 heteroatoms. The molecule has 3 aromatic rings. The molecule has 3 rings (SSSR count). The first-order valence-electron chi connectivity index (χ1n) is 6.04. The van der Waals surface area contributed by atoms with Crippen LogP contribution in [0, 0.1) is 6.92 Å². The lowest BCUT2D eigenvalue weighted by Crippen LogP contribution is -2.16. The average molecular weight is 323 g/mol. The number of fused-ring (bicyclic) bond motifs is 1. The Hall–Kier alpha value is -2.12. The van der Waals surface area contributed by atoms with Crippen molar-refractivity contribution in [3.63, 3.8) is 0 Å². The molecule has 0 unspecified atom stereocenters. The van der Waals surface area contributed by atoms with E-state index < -0.39 is 0 Å². The monoisotopic (exact) mass is 322 g/mol. The number of nitrogens with zero attached hydrogens (tertiary/aromatic N) is 3. The van der Waals surface area contributed by atoms with E-state index in [2.05, 4.69) is 15.4 Å². The number of carbonyl (C=O) groups is 1. The van der Waals surface area contributed by atoms with Gasteiger partial charge in [-0.25, -0.2) is 4.98 Å². The van der Waals surface area contributed by atoms with Crippen molar-refractivity contribution in [3.05, 3.63) is 40.1 Å². The summed E-state index contributed by atoms with van der Waals surface area (Å²) < 4.78 is 6.73. The number of nitrogens with one attached hydrogen (secondary N) is 1. The molecule has 2 aromatic heterocycles. The molecule has 0 radical (unpaired) electrons. The fourth-order valence-corrected chi connectivity index (χ4v) is 2.85. The number of methoxy groups -OCH3 is 1. The van der Waals surface area contributed by atoms with Crippen LogP contribution in [-0.4, -0.2) is 27.6 Å². The van der Waals surface area contributed by atoms with Gasteiger partial charge in [0.05, 0.1) is 18.5 Å². The second-order valence-electron chi connectivity index (χ2n) is 4.28. The molecular weight excluding hydrogens is 312 g/mol. The Morgan fingerprint density at radius 1 is 1.48 bits per heavy atom. The highest BCUT2D eigenvalue weighted by molar-refractivity contribution is 7.14. The SMILES string of the molecule is COc1ccc(Cl)cc1NC(=O)c1c(C)nc2scnn12. The maximum absolute atomic E-state index is 12.5. The number of anilines is 1. The molecule has 21 heavy (non-hydrogen) atoms. The number of benzene rings is 1. The van der Waals surface area contributed by atoms with Gasteiger partial charge in [0.2, 0.25) is 4.96 Å². The topological polar surface area (TPSA) is 68.5 Å². The Balaban J connectivity index is 1.98.